The van der Waals surface area contributed by atoms with Crippen molar-refractivity contribution >= 4 is 5.97 Å². The van der Waals surface area contributed by atoms with Crippen molar-refractivity contribution in [1.29, 1.82) is 0 Å². The lowest BCUT2D eigenvalue weighted by Crippen LogP contribution is -2.37. The predicted molar refractivity (Wildman–Crippen MR) is 61.8 cm³/mol. The third kappa shape index (κ3) is 3.24. The number of benzene rings is 1. The molecule has 4 nitrogen and oxygen atoms in total. The van der Waals surface area contributed by atoms with E-state index in [1.54, 1.807) is 26.1 Å². The van der Waals surface area contributed by atoms with Crippen LogP contribution in [0.4, 0.5) is 0 Å². The van der Waals surface area contributed by atoms with Crippen LogP contribution in [0.1, 0.15) is 5.56 Å². The number of hydrogen-bond acceptors (Lipinski definition) is 3. The van der Waals surface area contributed by atoms with Gasteiger partial charge in [-0.1, -0.05) is 12.1 Å². The molecule has 4 heteroatoms. The van der Waals surface area contributed by atoms with E-state index in [4.69, 9.17) is 9.84 Å². The van der Waals surface area contributed by atoms with Gasteiger partial charge in [0.1, 0.15) is 11.8 Å². The van der Waals surface area contributed by atoms with E-state index in [0.717, 1.165) is 11.3 Å². The molecule has 1 aromatic carbocycles. The van der Waals surface area contributed by atoms with Crippen LogP contribution in [-0.2, 0) is 11.2 Å². The molecular weight excluding hydrogens is 206 g/mol. The van der Waals surface area contributed by atoms with Crippen molar-refractivity contribution in [2.24, 2.45) is 0 Å². The summed E-state index contributed by atoms with van der Waals surface area (Å²) in [6.07, 6.45) is 0.472. The Hall–Kier alpha value is -1.55. The molecule has 0 spiro atoms. The Morgan fingerprint density at radius 3 is 2.69 bits per heavy atom. The standard InChI is InChI=1S/C12H17NO3/c1-13(2)11(12(14)15)8-9-5-4-6-10(7-9)16-3/h4-7,11H,8H2,1-3H3,(H,14,15). The smallest absolute Gasteiger partial charge is 0.321 e. The van der Waals surface area contributed by atoms with Gasteiger partial charge in [-0.2, -0.15) is 0 Å². The van der Waals surface area contributed by atoms with Crippen LogP contribution in [0, 0.1) is 0 Å². The zero-order chi connectivity index (χ0) is 12.1. The van der Waals surface area contributed by atoms with E-state index < -0.39 is 12.0 Å². The maximum atomic E-state index is 11.0. The number of aliphatic carboxylic acids is 1. The molecule has 0 aliphatic carbocycles. The molecule has 0 saturated carbocycles. The Kier molecular flexibility index (Phi) is 4.31. The van der Waals surface area contributed by atoms with Crippen LogP contribution in [0.2, 0.25) is 0 Å². The number of likely N-dealkylation sites (N-methyl/N-ethyl adjacent to an activating group) is 1. The van der Waals surface area contributed by atoms with Gasteiger partial charge in [-0.3, -0.25) is 9.69 Å². The van der Waals surface area contributed by atoms with E-state index in [1.807, 2.05) is 24.3 Å². The lowest BCUT2D eigenvalue weighted by atomic mass is 10.1. The fourth-order valence-corrected chi connectivity index (χ4v) is 1.51. The van der Waals surface area contributed by atoms with Crippen molar-refractivity contribution in [3.05, 3.63) is 29.8 Å². The first-order chi connectivity index (χ1) is 7.54. The van der Waals surface area contributed by atoms with Gasteiger partial charge in [0.25, 0.3) is 0 Å². The topological polar surface area (TPSA) is 49.8 Å². The molecule has 0 aromatic heterocycles. The number of nitrogens with zero attached hydrogens (tertiary/aromatic N) is 1. The largest absolute Gasteiger partial charge is 0.497 e. The van der Waals surface area contributed by atoms with Gasteiger partial charge in [-0.25, -0.2) is 0 Å². The highest BCUT2D eigenvalue weighted by molar-refractivity contribution is 5.73. The molecule has 0 heterocycles. The van der Waals surface area contributed by atoms with Crippen molar-refractivity contribution in [2.45, 2.75) is 12.5 Å². The van der Waals surface area contributed by atoms with Gasteiger partial charge in [0.2, 0.25) is 0 Å². The summed E-state index contributed by atoms with van der Waals surface area (Å²) in [6.45, 7) is 0. The Morgan fingerprint density at radius 2 is 2.19 bits per heavy atom. The third-order valence-electron chi connectivity index (χ3n) is 2.47. The summed E-state index contributed by atoms with van der Waals surface area (Å²) in [5.74, 6) is -0.0618. The molecule has 1 N–H and O–H groups in total. The molecule has 16 heavy (non-hydrogen) atoms. The lowest BCUT2D eigenvalue weighted by Gasteiger charge is -2.20. The molecule has 0 radical (unpaired) electrons. The average Bonchev–Trinajstić information content (AvgIpc) is 2.25. The Bertz CT molecular complexity index is 363. The number of carboxylic acid groups (broad SMARTS) is 1. The molecule has 0 saturated heterocycles. The molecule has 0 aliphatic heterocycles. The summed E-state index contributed by atoms with van der Waals surface area (Å²) in [7, 11) is 5.12. The lowest BCUT2D eigenvalue weighted by molar-refractivity contribution is -0.142. The van der Waals surface area contributed by atoms with Crippen molar-refractivity contribution in [1.82, 2.24) is 4.90 Å². The van der Waals surface area contributed by atoms with Crippen molar-refractivity contribution in [3.63, 3.8) is 0 Å². The van der Waals surface area contributed by atoms with Gasteiger partial charge in [-0.15, -0.1) is 0 Å². The van der Waals surface area contributed by atoms with E-state index in [9.17, 15) is 4.79 Å². The Labute approximate surface area is 95.5 Å². The minimum Gasteiger partial charge on any atom is -0.497 e. The predicted octanol–water partition coefficient (Wildman–Crippen LogP) is 1.25. The van der Waals surface area contributed by atoms with Gasteiger partial charge >= 0.3 is 5.97 Å². The van der Waals surface area contributed by atoms with E-state index in [1.165, 1.54) is 0 Å². The normalized spacial score (nSPS) is 12.5. The number of carbonyl (C=O) groups is 1. The first kappa shape index (κ1) is 12.5. The summed E-state index contributed by atoms with van der Waals surface area (Å²) in [5.41, 5.74) is 0.959. The average molecular weight is 223 g/mol. The fourth-order valence-electron chi connectivity index (χ4n) is 1.51. The maximum Gasteiger partial charge on any atom is 0.321 e. The van der Waals surface area contributed by atoms with Gasteiger partial charge in [0.15, 0.2) is 0 Å². The van der Waals surface area contributed by atoms with Crippen LogP contribution in [0.3, 0.4) is 0 Å². The van der Waals surface area contributed by atoms with Crippen LogP contribution in [0.5, 0.6) is 5.75 Å². The maximum absolute atomic E-state index is 11.0. The highest BCUT2D eigenvalue weighted by atomic mass is 16.5. The quantitative estimate of drug-likeness (QED) is 0.816. The molecule has 1 rings (SSSR count). The fraction of sp³-hybridized carbons (Fsp3) is 0.417. The highest BCUT2D eigenvalue weighted by Gasteiger charge is 2.20. The number of hydrogen-bond donors (Lipinski definition) is 1. The van der Waals surface area contributed by atoms with Gasteiger partial charge < -0.3 is 9.84 Å². The van der Waals surface area contributed by atoms with E-state index >= 15 is 0 Å². The molecule has 0 aliphatic rings. The Morgan fingerprint density at radius 1 is 1.50 bits per heavy atom. The van der Waals surface area contributed by atoms with Crippen molar-refractivity contribution < 1.29 is 14.6 Å². The van der Waals surface area contributed by atoms with Crippen molar-refractivity contribution in [2.75, 3.05) is 21.2 Å². The highest BCUT2D eigenvalue weighted by Crippen LogP contribution is 2.15. The molecule has 0 bridgehead atoms. The van der Waals surface area contributed by atoms with E-state index in [-0.39, 0.29) is 0 Å². The SMILES string of the molecule is COc1cccc(CC(C(=O)O)N(C)C)c1. The summed E-state index contributed by atoms with van der Waals surface area (Å²) < 4.78 is 5.10. The molecular formula is C12H17NO3. The summed E-state index contributed by atoms with van der Waals surface area (Å²) in [6, 6.07) is 6.96. The first-order valence-electron chi connectivity index (χ1n) is 5.06. The number of ether oxygens (including phenoxy) is 1. The monoisotopic (exact) mass is 223 g/mol. The number of methoxy groups -OCH3 is 1. The molecule has 1 unspecified atom stereocenters. The second-order valence-corrected chi connectivity index (χ2v) is 3.87. The third-order valence-corrected chi connectivity index (χ3v) is 2.47. The van der Waals surface area contributed by atoms with Crippen LogP contribution >= 0.6 is 0 Å². The van der Waals surface area contributed by atoms with Gasteiger partial charge in [-0.05, 0) is 38.2 Å². The summed E-state index contributed by atoms with van der Waals surface area (Å²) in [4.78, 5) is 12.7. The number of rotatable bonds is 5. The van der Waals surface area contributed by atoms with E-state index in [2.05, 4.69) is 0 Å². The molecule has 88 valence electrons. The van der Waals surface area contributed by atoms with Crippen LogP contribution in [0.15, 0.2) is 24.3 Å². The van der Waals surface area contributed by atoms with Crippen LogP contribution in [-0.4, -0.2) is 43.2 Å². The Balaban J connectivity index is 2.81. The second kappa shape index (κ2) is 5.51. The van der Waals surface area contributed by atoms with Crippen LogP contribution in [0.25, 0.3) is 0 Å². The molecule has 1 atom stereocenters. The van der Waals surface area contributed by atoms with Gasteiger partial charge in [0, 0.05) is 0 Å². The second-order valence-electron chi connectivity index (χ2n) is 3.87. The minimum absolute atomic E-state index is 0.472. The molecule has 0 amide bonds. The molecule has 0 fully saturated rings. The zero-order valence-corrected chi connectivity index (χ0v) is 9.80. The zero-order valence-electron chi connectivity index (χ0n) is 9.80. The first-order valence-corrected chi connectivity index (χ1v) is 5.06. The number of carboxylic acids is 1. The minimum atomic E-state index is -0.812. The summed E-state index contributed by atoms with van der Waals surface area (Å²) >= 11 is 0. The van der Waals surface area contributed by atoms with Crippen LogP contribution < -0.4 is 4.74 Å². The van der Waals surface area contributed by atoms with Crippen molar-refractivity contribution in [3.8, 4) is 5.75 Å². The molecule has 1 aromatic rings. The summed E-state index contributed by atoms with van der Waals surface area (Å²) in [5, 5.41) is 9.06. The van der Waals surface area contributed by atoms with Gasteiger partial charge in [0.05, 0.1) is 7.11 Å². The van der Waals surface area contributed by atoms with E-state index in [0.29, 0.717) is 6.42 Å².